The van der Waals surface area contributed by atoms with Crippen molar-refractivity contribution in [3.8, 4) is 0 Å². The van der Waals surface area contributed by atoms with Gasteiger partial charge in [0, 0.05) is 38.8 Å². The number of carbonyl (C=O) groups excluding carboxylic acids is 1. The third-order valence-electron chi connectivity index (χ3n) is 3.58. The van der Waals surface area contributed by atoms with Gasteiger partial charge in [-0.15, -0.1) is 24.8 Å². The van der Waals surface area contributed by atoms with Gasteiger partial charge in [-0.2, -0.15) is 0 Å². The lowest BCUT2D eigenvalue weighted by Crippen LogP contribution is -2.30. The highest BCUT2D eigenvalue weighted by Crippen LogP contribution is 2.18. The number of hydrogen-bond donors (Lipinski definition) is 2. The summed E-state index contributed by atoms with van der Waals surface area (Å²) in [6.45, 7) is 3.46. The number of nitrogens with one attached hydrogen (secondary N) is 2. The van der Waals surface area contributed by atoms with E-state index in [4.69, 9.17) is 0 Å². The van der Waals surface area contributed by atoms with Gasteiger partial charge >= 0.3 is 0 Å². The first kappa shape index (κ1) is 21.0. The van der Waals surface area contributed by atoms with Gasteiger partial charge in [-0.1, -0.05) is 0 Å². The number of pyridine rings is 1. The average molecular weight is 349 g/mol. The van der Waals surface area contributed by atoms with E-state index in [2.05, 4.69) is 26.6 Å². The minimum atomic E-state index is 0. The van der Waals surface area contributed by atoms with Crippen LogP contribution in [0.3, 0.4) is 0 Å². The lowest BCUT2D eigenvalue weighted by Gasteiger charge is -2.27. The first-order chi connectivity index (χ1) is 9.79. The number of carbonyl (C=O) groups is 1. The summed E-state index contributed by atoms with van der Waals surface area (Å²) in [6, 6.07) is 4.05. The van der Waals surface area contributed by atoms with E-state index in [1.807, 2.05) is 19.3 Å². The predicted molar refractivity (Wildman–Crippen MR) is 95.2 cm³/mol. The molecule has 1 fully saturated rings. The molecule has 7 heteroatoms. The van der Waals surface area contributed by atoms with Crippen LogP contribution in [-0.2, 0) is 11.3 Å². The quantitative estimate of drug-likeness (QED) is 0.826. The maximum Gasteiger partial charge on any atom is 0.221 e. The van der Waals surface area contributed by atoms with E-state index in [0.29, 0.717) is 19.5 Å². The zero-order chi connectivity index (χ0) is 14.2. The number of rotatable bonds is 6. The molecule has 1 aliphatic rings. The molecular weight excluding hydrogens is 323 g/mol. The van der Waals surface area contributed by atoms with Crippen molar-refractivity contribution in [3.05, 3.63) is 23.9 Å². The molecule has 1 aromatic rings. The summed E-state index contributed by atoms with van der Waals surface area (Å²) in [7, 11) is 1.85. The maximum atomic E-state index is 11.6. The fourth-order valence-corrected chi connectivity index (χ4v) is 2.39. The van der Waals surface area contributed by atoms with Gasteiger partial charge in [0.25, 0.3) is 0 Å². The molecule has 1 aromatic heterocycles. The van der Waals surface area contributed by atoms with E-state index in [1.54, 1.807) is 0 Å². The van der Waals surface area contributed by atoms with Crippen LogP contribution in [-0.4, -0.2) is 37.6 Å². The number of piperidine rings is 1. The van der Waals surface area contributed by atoms with Crippen molar-refractivity contribution in [2.75, 3.05) is 31.6 Å². The molecule has 1 amide bonds. The Morgan fingerprint density at radius 3 is 2.68 bits per heavy atom. The van der Waals surface area contributed by atoms with Crippen molar-refractivity contribution in [3.63, 3.8) is 0 Å². The van der Waals surface area contributed by atoms with E-state index >= 15 is 0 Å². The van der Waals surface area contributed by atoms with Crippen LogP contribution < -0.4 is 15.5 Å². The van der Waals surface area contributed by atoms with E-state index in [-0.39, 0.29) is 30.7 Å². The lowest BCUT2D eigenvalue weighted by atomic mass is 10.1. The van der Waals surface area contributed by atoms with Gasteiger partial charge in [-0.25, -0.2) is 4.98 Å². The van der Waals surface area contributed by atoms with Crippen LogP contribution >= 0.6 is 24.8 Å². The summed E-state index contributed by atoms with van der Waals surface area (Å²) in [5.74, 6) is 1.11. The largest absolute Gasteiger partial charge is 0.357 e. The fourth-order valence-electron chi connectivity index (χ4n) is 2.39. The lowest BCUT2D eigenvalue weighted by molar-refractivity contribution is -0.121. The molecule has 0 aliphatic carbocycles. The SMILES string of the molecule is CNCCC(=O)NCc1ccnc(N2CCCCC2)c1.Cl.Cl. The number of anilines is 1. The molecule has 0 spiro atoms. The molecule has 0 saturated carbocycles. The molecule has 0 aromatic carbocycles. The Balaban J connectivity index is 0.00000220. The van der Waals surface area contributed by atoms with Gasteiger partial charge in [0.15, 0.2) is 0 Å². The second-order valence-electron chi connectivity index (χ2n) is 5.20. The van der Waals surface area contributed by atoms with Crippen LogP contribution in [0, 0.1) is 0 Å². The Morgan fingerprint density at radius 1 is 1.27 bits per heavy atom. The molecule has 0 radical (unpaired) electrons. The van der Waals surface area contributed by atoms with Crippen LogP contribution in [0.1, 0.15) is 31.2 Å². The van der Waals surface area contributed by atoms with Gasteiger partial charge in [0.2, 0.25) is 5.91 Å². The molecule has 126 valence electrons. The van der Waals surface area contributed by atoms with Gasteiger partial charge < -0.3 is 15.5 Å². The molecule has 2 N–H and O–H groups in total. The van der Waals surface area contributed by atoms with Crippen LogP contribution in [0.5, 0.6) is 0 Å². The average Bonchev–Trinajstić information content (AvgIpc) is 2.52. The van der Waals surface area contributed by atoms with E-state index in [0.717, 1.165) is 24.5 Å². The topological polar surface area (TPSA) is 57.3 Å². The normalized spacial score (nSPS) is 13.8. The van der Waals surface area contributed by atoms with Crippen molar-refractivity contribution in [1.29, 1.82) is 0 Å². The van der Waals surface area contributed by atoms with Crippen molar-refractivity contribution < 1.29 is 4.79 Å². The third kappa shape index (κ3) is 6.81. The van der Waals surface area contributed by atoms with Crippen LogP contribution in [0.25, 0.3) is 0 Å². The van der Waals surface area contributed by atoms with E-state index < -0.39 is 0 Å². The number of nitrogens with zero attached hydrogens (tertiary/aromatic N) is 2. The Kier molecular flexibility index (Phi) is 11.0. The van der Waals surface area contributed by atoms with Crippen molar-refractivity contribution in [2.45, 2.75) is 32.2 Å². The van der Waals surface area contributed by atoms with Crippen LogP contribution in [0.15, 0.2) is 18.3 Å². The number of halogens is 2. The molecule has 0 bridgehead atoms. The Morgan fingerprint density at radius 2 is 2.00 bits per heavy atom. The minimum Gasteiger partial charge on any atom is -0.357 e. The number of amides is 1. The van der Waals surface area contributed by atoms with Gasteiger partial charge in [0.05, 0.1) is 0 Å². The van der Waals surface area contributed by atoms with E-state index in [9.17, 15) is 4.79 Å². The summed E-state index contributed by atoms with van der Waals surface area (Å²) >= 11 is 0. The molecule has 1 saturated heterocycles. The molecule has 2 rings (SSSR count). The molecule has 1 aliphatic heterocycles. The summed E-state index contributed by atoms with van der Waals surface area (Å²) in [5.41, 5.74) is 1.11. The fraction of sp³-hybridized carbons (Fsp3) is 0.600. The molecule has 0 atom stereocenters. The van der Waals surface area contributed by atoms with Crippen molar-refractivity contribution >= 4 is 36.5 Å². The summed E-state index contributed by atoms with van der Waals surface area (Å²) in [4.78, 5) is 18.4. The highest BCUT2D eigenvalue weighted by Gasteiger charge is 2.12. The molecule has 5 nitrogen and oxygen atoms in total. The highest BCUT2D eigenvalue weighted by molar-refractivity contribution is 5.85. The van der Waals surface area contributed by atoms with Crippen LogP contribution in [0.4, 0.5) is 5.82 Å². The standard InChI is InChI=1S/C15H24N4O.2ClH/c1-16-7-6-15(20)18-12-13-5-8-17-14(11-13)19-9-3-2-4-10-19;;/h5,8,11,16H,2-4,6-7,9-10,12H2,1H3,(H,18,20);2*1H. The Hall–Kier alpha value is -1.04. The zero-order valence-electron chi connectivity index (χ0n) is 13.0. The second kappa shape index (κ2) is 11.5. The monoisotopic (exact) mass is 348 g/mol. The number of aromatic nitrogens is 1. The second-order valence-corrected chi connectivity index (χ2v) is 5.20. The first-order valence-electron chi connectivity index (χ1n) is 7.41. The number of hydrogen-bond acceptors (Lipinski definition) is 4. The third-order valence-corrected chi connectivity index (χ3v) is 3.58. The zero-order valence-corrected chi connectivity index (χ0v) is 14.6. The van der Waals surface area contributed by atoms with E-state index in [1.165, 1.54) is 19.3 Å². The summed E-state index contributed by atoms with van der Waals surface area (Å²) in [6.07, 6.45) is 6.15. The Labute approximate surface area is 145 Å². The molecule has 2 heterocycles. The van der Waals surface area contributed by atoms with Crippen molar-refractivity contribution in [1.82, 2.24) is 15.6 Å². The highest BCUT2D eigenvalue weighted by atomic mass is 35.5. The Bertz CT molecular complexity index is 439. The smallest absolute Gasteiger partial charge is 0.221 e. The first-order valence-corrected chi connectivity index (χ1v) is 7.41. The molecule has 0 unspecified atom stereocenters. The van der Waals surface area contributed by atoms with Crippen molar-refractivity contribution in [2.24, 2.45) is 0 Å². The summed E-state index contributed by atoms with van der Waals surface area (Å²) < 4.78 is 0. The van der Waals surface area contributed by atoms with Gasteiger partial charge in [-0.05, 0) is 44.0 Å². The molecule has 22 heavy (non-hydrogen) atoms. The molecular formula is C15H26Cl2N4O. The van der Waals surface area contributed by atoms with Gasteiger partial charge in [0.1, 0.15) is 5.82 Å². The predicted octanol–water partition coefficient (Wildman–Crippen LogP) is 2.14. The minimum absolute atomic E-state index is 0. The van der Waals surface area contributed by atoms with Crippen LogP contribution in [0.2, 0.25) is 0 Å². The maximum absolute atomic E-state index is 11.6. The summed E-state index contributed by atoms with van der Waals surface area (Å²) in [5, 5.41) is 5.91. The van der Waals surface area contributed by atoms with Gasteiger partial charge in [-0.3, -0.25) is 4.79 Å².